The van der Waals surface area contributed by atoms with Crippen LogP contribution in [0.25, 0.3) is 0 Å². The Morgan fingerprint density at radius 3 is 2.56 bits per heavy atom. The lowest BCUT2D eigenvalue weighted by Crippen LogP contribution is -2.02. The van der Waals surface area contributed by atoms with Gasteiger partial charge in [0.2, 0.25) is 0 Å². The predicted molar refractivity (Wildman–Crippen MR) is 65.2 cm³/mol. The molecular formula is C12H12N2OS. The zero-order valence-corrected chi connectivity index (χ0v) is 9.48. The highest BCUT2D eigenvalue weighted by Gasteiger charge is 2.09. The molecule has 0 aliphatic rings. The molecule has 82 valence electrons. The Kier molecular flexibility index (Phi) is 3.31. The summed E-state index contributed by atoms with van der Waals surface area (Å²) >= 11 is 0. The summed E-state index contributed by atoms with van der Waals surface area (Å²) in [6.07, 6.45) is 1.61. The average Bonchev–Trinajstić information content (AvgIpc) is 2.31. The zero-order chi connectivity index (χ0) is 11.4. The molecule has 2 rings (SSSR count). The van der Waals surface area contributed by atoms with Crippen LogP contribution >= 0.6 is 0 Å². The average molecular weight is 232 g/mol. The van der Waals surface area contributed by atoms with E-state index in [1.807, 2.05) is 30.3 Å². The molecule has 1 aromatic carbocycles. The largest absolute Gasteiger partial charge is 0.396 e. The Balaban J connectivity index is 2.19. The van der Waals surface area contributed by atoms with E-state index in [1.54, 1.807) is 18.3 Å². The van der Waals surface area contributed by atoms with Gasteiger partial charge in [0, 0.05) is 6.20 Å². The number of anilines is 1. The molecule has 2 aromatic rings. The molecule has 16 heavy (non-hydrogen) atoms. The van der Waals surface area contributed by atoms with E-state index in [-0.39, 0.29) is 0 Å². The zero-order valence-electron chi connectivity index (χ0n) is 8.67. The van der Waals surface area contributed by atoms with Crippen LogP contribution in [0.3, 0.4) is 0 Å². The SMILES string of the molecule is Nc1cccnc1S(=O)Cc1ccccc1. The van der Waals surface area contributed by atoms with Crippen molar-refractivity contribution in [2.75, 3.05) is 5.73 Å². The number of pyridine rings is 1. The number of nitrogens with two attached hydrogens (primary N) is 1. The molecule has 0 spiro atoms. The number of hydrogen-bond donors (Lipinski definition) is 1. The molecule has 1 atom stereocenters. The molecule has 1 aromatic heterocycles. The number of nitrogens with zero attached hydrogens (tertiary/aromatic N) is 1. The first-order valence-corrected chi connectivity index (χ1v) is 6.22. The van der Waals surface area contributed by atoms with Crippen LogP contribution in [0.15, 0.2) is 53.7 Å². The minimum absolute atomic E-state index is 0.446. The highest BCUT2D eigenvalue weighted by Crippen LogP contribution is 2.15. The topological polar surface area (TPSA) is 56.0 Å². The fraction of sp³-hybridized carbons (Fsp3) is 0.0833. The van der Waals surface area contributed by atoms with Crippen LogP contribution in [0.5, 0.6) is 0 Å². The molecule has 2 N–H and O–H groups in total. The molecular weight excluding hydrogens is 220 g/mol. The third-order valence-corrected chi connectivity index (χ3v) is 3.52. The van der Waals surface area contributed by atoms with Crippen LogP contribution in [-0.4, -0.2) is 9.19 Å². The molecule has 1 unspecified atom stereocenters. The van der Waals surface area contributed by atoms with E-state index in [4.69, 9.17) is 5.73 Å². The Morgan fingerprint density at radius 2 is 1.88 bits per heavy atom. The van der Waals surface area contributed by atoms with Gasteiger partial charge in [0.15, 0.2) is 0 Å². The van der Waals surface area contributed by atoms with Crippen molar-refractivity contribution in [2.24, 2.45) is 0 Å². The van der Waals surface area contributed by atoms with Crippen LogP contribution in [0.1, 0.15) is 5.56 Å². The van der Waals surface area contributed by atoms with Crippen molar-refractivity contribution < 1.29 is 4.21 Å². The summed E-state index contributed by atoms with van der Waals surface area (Å²) in [4.78, 5) is 4.05. The maximum absolute atomic E-state index is 12.0. The van der Waals surface area contributed by atoms with Crippen LogP contribution in [0, 0.1) is 0 Å². The lowest BCUT2D eigenvalue weighted by molar-refractivity contribution is 0.680. The van der Waals surface area contributed by atoms with Gasteiger partial charge in [-0.25, -0.2) is 4.98 Å². The van der Waals surface area contributed by atoms with Crippen molar-refractivity contribution in [3.63, 3.8) is 0 Å². The second-order valence-corrected chi connectivity index (χ2v) is 4.74. The molecule has 3 nitrogen and oxygen atoms in total. The minimum atomic E-state index is -1.18. The van der Waals surface area contributed by atoms with Gasteiger partial charge in [-0.1, -0.05) is 30.3 Å². The minimum Gasteiger partial charge on any atom is -0.396 e. The van der Waals surface area contributed by atoms with E-state index < -0.39 is 10.8 Å². The Morgan fingerprint density at radius 1 is 1.12 bits per heavy atom. The number of nitrogen functional groups attached to an aromatic ring is 1. The van der Waals surface area contributed by atoms with Crippen molar-refractivity contribution >= 4 is 16.5 Å². The summed E-state index contributed by atoms with van der Waals surface area (Å²) in [6, 6.07) is 13.1. The van der Waals surface area contributed by atoms with Gasteiger partial charge in [-0.2, -0.15) is 0 Å². The second kappa shape index (κ2) is 4.90. The summed E-state index contributed by atoms with van der Waals surface area (Å²) in [5, 5.41) is 0.464. The van der Waals surface area contributed by atoms with Crippen LogP contribution in [-0.2, 0) is 16.6 Å². The molecule has 0 amide bonds. The van der Waals surface area contributed by atoms with Gasteiger partial charge in [0.05, 0.1) is 22.2 Å². The highest BCUT2D eigenvalue weighted by molar-refractivity contribution is 7.84. The maximum Gasteiger partial charge on any atom is 0.150 e. The predicted octanol–water partition coefficient (Wildman–Crippen LogP) is 1.97. The number of rotatable bonds is 3. The van der Waals surface area contributed by atoms with Crippen molar-refractivity contribution in [1.82, 2.24) is 4.98 Å². The van der Waals surface area contributed by atoms with Gasteiger partial charge >= 0.3 is 0 Å². The second-order valence-electron chi connectivity index (χ2n) is 3.37. The summed E-state index contributed by atoms with van der Waals surface area (Å²) in [5.41, 5.74) is 7.22. The lowest BCUT2D eigenvalue weighted by Gasteiger charge is -2.04. The fourth-order valence-corrected chi connectivity index (χ4v) is 2.53. The van der Waals surface area contributed by atoms with Gasteiger partial charge < -0.3 is 5.73 Å². The van der Waals surface area contributed by atoms with Gasteiger partial charge in [0.25, 0.3) is 0 Å². The van der Waals surface area contributed by atoms with Crippen molar-refractivity contribution in [1.29, 1.82) is 0 Å². The molecule has 0 fully saturated rings. The monoisotopic (exact) mass is 232 g/mol. The highest BCUT2D eigenvalue weighted by atomic mass is 32.2. The van der Waals surface area contributed by atoms with Crippen molar-refractivity contribution in [3.8, 4) is 0 Å². The fourth-order valence-electron chi connectivity index (χ4n) is 1.39. The molecule has 0 radical (unpaired) electrons. The first-order valence-electron chi connectivity index (χ1n) is 4.90. The molecule has 1 heterocycles. The number of benzene rings is 1. The molecule has 0 aliphatic heterocycles. The normalized spacial score (nSPS) is 12.2. The molecule has 0 bridgehead atoms. The Hall–Kier alpha value is -1.68. The summed E-state index contributed by atoms with van der Waals surface area (Å²) in [6.45, 7) is 0. The van der Waals surface area contributed by atoms with Gasteiger partial charge in [-0.3, -0.25) is 4.21 Å². The Bertz CT molecular complexity index is 499. The third kappa shape index (κ3) is 2.46. The van der Waals surface area contributed by atoms with E-state index in [0.717, 1.165) is 5.56 Å². The van der Waals surface area contributed by atoms with Crippen LogP contribution in [0.2, 0.25) is 0 Å². The summed E-state index contributed by atoms with van der Waals surface area (Å²) < 4.78 is 12.0. The molecule has 4 heteroatoms. The summed E-state index contributed by atoms with van der Waals surface area (Å²) in [5.74, 6) is 0.446. The van der Waals surface area contributed by atoms with Gasteiger partial charge in [-0.15, -0.1) is 0 Å². The molecule has 0 saturated heterocycles. The maximum atomic E-state index is 12.0. The third-order valence-electron chi connectivity index (χ3n) is 2.16. The number of aromatic nitrogens is 1. The van der Waals surface area contributed by atoms with E-state index in [9.17, 15) is 4.21 Å². The van der Waals surface area contributed by atoms with E-state index in [2.05, 4.69) is 4.98 Å². The van der Waals surface area contributed by atoms with Crippen molar-refractivity contribution in [2.45, 2.75) is 10.8 Å². The van der Waals surface area contributed by atoms with Crippen LogP contribution in [0.4, 0.5) is 5.69 Å². The first-order chi connectivity index (χ1) is 7.77. The van der Waals surface area contributed by atoms with Gasteiger partial charge in [-0.05, 0) is 17.7 Å². The van der Waals surface area contributed by atoms with E-state index >= 15 is 0 Å². The van der Waals surface area contributed by atoms with Crippen LogP contribution < -0.4 is 5.73 Å². The Labute approximate surface area is 96.8 Å². The lowest BCUT2D eigenvalue weighted by atomic mass is 10.2. The standard InChI is InChI=1S/C12H12N2OS/c13-11-7-4-8-14-12(11)16(15)9-10-5-2-1-3-6-10/h1-8H,9,13H2. The van der Waals surface area contributed by atoms with E-state index in [0.29, 0.717) is 16.5 Å². The van der Waals surface area contributed by atoms with Crippen molar-refractivity contribution in [3.05, 3.63) is 54.2 Å². The van der Waals surface area contributed by atoms with Gasteiger partial charge in [0.1, 0.15) is 5.03 Å². The number of hydrogen-bond acceptors (Lipinski definition) is 3. The first kappa shape index (κ1) is 10.8. The summed E-state index contributed by atoms with van der Waals surface area (Å²) in [7, 11) is -1.18. The van der Waals surface area contributed by atoms with E-state index in [1.165, 1.54) is 0 Å². The smallest absolute Gasteiger partial charge is 0.150 e. The molecule has 0 saturated carbocycles. The molecule has 0 aliphatic carbocycles. The quantitative estimate of drug-likeness (QED) is 0.880.